The smallest absolute Gasteiger partial charge is 0.316 e. The Labute approximate surface area is 80.5 Å². The van der Waals surface area contributed by atoms with Gasteiger partial charge in [0.05, 0.1) is 0 Å². The van der Waals surface area contributed by atoms with Gasteiger partial charge in [-0.3, -0.25) is 0 Å². The zero-order chi connectivity index (χ0) is 11.8. The minimum Gasteiger partial charge on any atom is -0.316 e. The van der Waals surface area contributed by atoms with Crippen LogP contribution < -0.4 is 5.73 Å². The lowest BCUT2D eigenvalue weighted by molar-refractivity contribution is -0.149. The van der Waals surface area contributed by atoms with Crippen LogP contribution in [0.4, 0.5) is 26.3 Å². The van der Waals surface area contributed by atoms with Crippen LogP contribution in [0.3, 0.4) is 0 Å². The molecule has 1 aromatic rings. The molecule has 0 radical (unpaired) electrons. The maximum Gasteiger partial charge on any atom is 0.407 e. The first-order valence-corrected chi connectivity index (χ1v) is 3.70. The monoisotopic (exact) mass is 229 g/mol. The summed E-state index contributed by atoms with van der Waals surface area (Å²) in [6, 6.07) is -2.39. The molecule has 0 aliphatic heterocycles. The van der Waals surface area contributed by atoms with Gasteiger partial charge in [0.15, 0.2) is 11.6 Å². The van der Waals surface area contributed by atoms with E-state index in [0.717, 1.165) is 0 Å². The molecule has 1 rings (SSSR count). The van der Waals surface area contributed by atoms with Crippen molar-refractivity contribution >= 4 is 0 Å². The molecule has 84 valence electrons. The minimum atomic E-state index is -4.96. The van der Waals surface area contributed by atoms with Crippen molar-refractivity contribution in [2.75, 3.05) is 0 Å². The van der Waals surface area contributed by atoms with E-state index in [1.807, 2.05) is 0 Å². The molecule has 0 spiro atoms. The highest BCUT2D eigenvalue weighted by Gasteiger charge is 2.40. The lowest BCUT2D eigenvalue weighted by Gasteiger charge is -2.16. The van der Waals surface area contributed by atoms with Crippen molar-refractivity contribution in [3.8, 4) is 0 Å². The van der Waals surface area contributed by atoms with Crippen LogP contribution in [0.5, 0.6) is 0 Å². The van der Waals surface area contributed by atoms with E-state index in [1.54, 1.807) is 0 Å². The van der Waals surface area contributed by atoms with Crippen LogP contribution in [0.25, 0.3) is 0 Å². The van der Waals surface area contributed by atoms with E-state index in [1.165, 1.54) is 0 Å². The van der Waals surface area contributed by atoms with Gasteiger partial charge in [0.2, 0.25) is 0 Å². The summed E-state index contributed by atoms with van der Waals surface area (Å²) in [6.45, 7) is 0. The Morgan fingerprint density at radius 2 is 1.60 bits per heavy atom. The van der Waals surface area contributed by atoms with Crippen LogP contribution in [0, 0.1) is 17.5 Å². The summed E-state index contributed by atoms with van der Waals surface area (Å²) in [5.41, 5.74) is 3.36. The predicted octanol–water partition coefficient (Wildman–Crippen LogP) is 2.67. The quantitative estimate of drug-likeness (QED) is 0.581. The Hall–Kier alpha value is -1.24. The average molecular weight is 229 g/mol. The molecule has 0 saturated carbocycles. The van der Waals surface area contributed by atoms with Crippen molar-refractivity contribution < 1.29 is 26.3 Å². The van der Waals surface area contributed by atoms with Gasteiger partial charge in [0.25, 0.3) is 0 Å². The number of hydrogen-bond donors (Lipinski definition) is 1. The molecule has 0 unspecified atom stereocenters. The maximum atomic E-state index is 12.8. The van der Waals surface area contributed by atoms with Crippen LogP contribution in [0.1, 0.15) is 11.6 Å². The summed E-state index contributed by atoms with van der Waals surface area (Å²) in [6.07, 6.45) is -4.96. The minimum absolute atomic E-state index is 0.141. The summed E-state index contributed by atoms with van der Waals surface area (Å²) < 4.78 is 74.0. The van der Waals surface area contributed by atoms with Gasteiger partial charge in [-0.05, 0) is 6.07 Å². The first kappa shape index (κ1) is 11.8. The predicted molar refractivity (Wildman–Crippen MR) is 39.3 cm³/mol. The first-order valence-electron chi connectivity index (χ1n) is 3.70. The summed E-state index contributed by atoms with van der Waals surface area (Å²) >= 11 is 0. The molecule has 0 fully saturated rings. The molecule has 7 heteroatoms. The van der Waals surface area contributed by atoms with Crippen molar-refractivity contribution in [2.45, 2.75) is 12.2 Å². The second-order valence-corrected chi connectivity index (χ2v) is 2.81. The summed E-state index contributed by atoms with van der Waals surface area (Å²) in [5.74, 6) is -4.81. The van der Waals surface area contributed by atoms with Crippen LogP contribution in [0.2, 0.25) is 0 Å². The van der Waals surface area contributed by atoms with E-state index in [0.29, 0.717) is 0 Å². The molecule has 0 amide bonds. The lowest BCUT2D eigenvalue weighted by atomic mass is 10.1. The fourth-order valence-electron chi connectivity index (χ4n) is 0.979. The lowest BCUT2D eigenvalue weighted by Crippen LogP contribution is -2.29. The Balaban J connectivity index is 3.25. The Kier molecular flexibility index (Phi) is 2.94. The molecule has 2 N–H and O–H groups in total. The summed E-state index contributed by atoms with van der Waals surface area (Å²) in [7, 11) is 0. The second-order valence-electron chi connectivity index (χ2n) is 2.81. The third kappa shape index (κ3) is 2.41. The average Bonchev–Trinajstić information content (AvgIpc) is 2.08. The van der Waals surface area contributed by atoms with Crippen molar-refractivity contribution in [3.05, 3.63) is 35.1 Å². The number of hydrogen-bond acceptors (Lipinski definition) is 1. The Morgan fingerprint density at radius 1 is 1.07 bits per heavy atom. The topological polar surface area (TPSA) is 26.0 Å². The van der Waals surface area contributed by atoms with Gasteiger partial charge in [-0.2, -0.15) is 13.2 Å². The Morgan fingerprint density at radius 3 is 2.07 bits per heavy atom. The summed E-state index contributed by atoms with van der Waals surface area (Å²) in [5, 5.41) is 0. The van der Waals surface area contributed by atoms with Gasteiger partial charge in [-0.1, -0.05) is 0 Å². The number of alkyl halides is 3. The highest BCUT2D eigenvalue weighted by molar-refractivity contribution is 5.24. The van der Waals surface area contributed by atoms with Crippen molar-refractivity contribution in [1.29, 1.82) is 0 Å². The van der Waals surface area contributed by atoms with Crippen molar-refractivity contribution in [2.24, 2.45) is 5.73 Å². The fraction of sp³-hybridized carbons (Fsp3) is 0.250. The van der Waals surface area contributed by atoms with Crippen molar-refractivity contribution in [3.63, 3.8) is 0 Å². The third-order valence-electron chi connectivity index (χ3n) is 1.71. The zero-order valence-electron chi connectivity index (χ0n) is 7.08. The number of rotatable bonds is 1. The van der Waals surface area contributed by atoms with Gasteiger partial charge in [-0.25, -0.2) is 13.2 Å². The number of halogens is 6. The molecule has 0 aliphatic carbocycles. The highest BCUT2D eigenvalue weighted by atomic mass is 19.4. The fourth-order valence-corrected chi connectivity index (χ4v) is 0.979. The molecule has 1 aromatic carbocycles. The normalized spacial score (nSPS) is 14.1. The van der Waals surface area contributed by atoms with E-state index in [4.69, 9.17) is 0 Å². The van der Waals surface area contributed by atoms with Gasteiger partial charge in [0.1, 0.15) is 11.9 Å². The standard InChI is InChI=1S/C8H5F6N/c9-3-1-4(6(11)5(10)2-3)7(15)8(12,13)14/h1-2,7H,15H2/t7-/m1/s1. The zero-order valence-corrected chi connectivity index (χ0v) is 7.08. The van der Waals surface area contributed by atoms with Gasteiger partial charge >= 0.3 is 6.18 Å². The molecule has 0 heterocycles. The third-order valence-corrected chi connectivity index (χ3v) is 1.71. The van der Waals surface area contributed by atoms with Gasteiger partial charge in [0, 0.05) is 11.6 Å². The molecule has 0 aromatic heterocycles. The molecule has 1 nitrogen and oxygen atoms in total. The molecule has 0 aliphatic rings. The van der Waals surface area contributed by atoms with E-state index in [-0.39, 0.29) is 12.1 Å². The molecule has 0 bridgehead atoms. The van der Waals surface area contributed by atoms with Crippen LogP contribution in [0.15, 0.2) is 12.1 Å². The molecular weight excluding hydrogens is 224 g/mol. The van der Waals surface area contributed by atoms with E-state index >= 15 is 0 Å². The van der Waals surface area contributed by atoms with Gasteiger partial charge in [-0.15, -0.1) is 0 Å². The second kappa shape index (κ2) is 3.73. The largest absolute Gasteiger partial charge is 0.407 e. The number of nitrogens with two attached hydrogens (primary N) is 1. The highest BCUT2D eigenvalue weighted by Crippen LogP contribution is 2.32. The van der Waals surface area contributed by atoms with E-state index in [9.17, 15) is 26.3 Å². The van der Waals surface area contributed by atoms with Crippen molar-refractivity contribution in [1.82, 2.24) is 0 Å². The summed E-state index contributed by atoms with van der Waals surface area (Å²) in [4.78, 5) is 0. The molecular formula is C8H5F6N. The number of benzene rings is 1. The van der Waals surface area contributed by atoms with Gasteiger partial charge < -0.3 is 5.73 Å². The molecule has 15 heavy (non-hydrogen) atoms. The van der Waals surface area contributed by atoms with Crippen LogP contribution in [-0.4, -0.2) is 6.18 Å². The molecule has 0 saturated heterocycles. The first-order chi connectivity index (χ1) is 6.73. The maximum absolute atomic E-state index is 12.8. The van der Waals surface area contributed by atoms with Crippen LogP contribution in [-0.2, 0) is 0 Å². The van der Waals surface area contributed by atoms with E-state index in [2.05, 4.69) is 5.73 Å². The van der Waals surface area contributed by atoms with E-state index < -0.39 is 35.2 Å². The Bertz CT molecular complexity index is 372. The van der Waals surface area contributed by atoms with Crippen LogP contribution >= 0.6 is 0 Å². The SMILES string of the molecule is N[C@H](c1cc(F)cc(F)c1F)C(F)(F)F. The molecule has 1 atom stereocenters.